The zero-order valence-electron chi connectivity index (χ0n) is 13.6. The lowest BCUT2D eigenvalue weighted by Gasteiger charge is -2.36. The summed E-state index contributed by atoms with van der Waals surface area (Å²) in [6, 6.07) is 0. The number of hydrogen-bond acceptors (Lipinski definition) is 3. The minimum atomic E-state index is 0.195. The van der Waals surface area contributed by atoms with E-state index in [1.165, 1.54) is 6.42 Å². The van der Waals surface area contributed by atoms with Crippen LogP contribution < -0.4 is 5.32 Å². The molecule has 0 aromatic rings. The maximum Gasteiger partial charge on any atom is 0.0593 e. The zero-order valence-corrected chi connectivity index (χ0v) is 13.6. The Hall–Kier alpha value is -0.120. The summed E-state index contributed by atoms with van der Waals surface area (Å²) < 4.78 is 5.41. The standard InChI is InChI=1S/C15H34N2O/c1-8-15(6,12-16-14(3,4)5)13-17(7)10-11-18-9-2/h16H,8-13H2,1-7H3. The summed E-state index contributed by atoms with van der Waals surface area (Å²) in [5.41, 5.74) is 0.522. The minimum absolute atomic E-state index is 0.195. The molecule has 0 saturated heterocycles. The second-order valence-corrected chi connectivity index (χ2v) is 6.70. The predicted octanol–water partition coefficient (Wildman–Crippen LogP) is 2.76. The molecule has 1 N–H and O–H groups in total. The van der Waals surface area contributed by atoms with Crippen molar-refractivity contribution in [2.75, 3.05) is 39.9 Å². The average molecular weight is 258 g/mol. The molecule has 0 fully saturated rings. The lowest BCUT2D eigenvalue weighted by Crippen LogP contribution is -2.47. The Morgan fingerprint density at radius 1 is 1.11 bits per heavy atom. The first-order valence-corrected chi connectivity index (χ1v) is 7.24. The summed E-state index contributed by atoms with van der Waals surface area (Å²) in [6.45, 7) is 18.2. The SMILES string of the molecule is CCOCCN(C)CC(C)(CC)CNC(C)(C)C. The van der Waals surface area contributed by atoms with Gasteiger partial charge in [-0.3, -0.25) is 0 Å². The van der Waals surface area contributed by atoms with E-state index < -0.39 is 0 Å². The molecule has 0 amide bonds. The molecule has 0 saturated carbocycles. The highest BCUT2D eigenvalue weighted by molar-refractivity contribution is 4.82. The fourth-order valence-corrected chi connectivity index (χ4v) is 1.87. The van der Waals surface area contributed by atoms with Crippen LogP contribution >= 0.6 is 0 Å². The summed E-state index contributed by atoms with van der Waals surface area (Å²) in [7, 11) is 2.18. The van der Waals surface area contributed by atoms with Gasteiger partial charge in [0, 0.05) is 31.8 Å². The number of hydrogen-bond donors (Lipinski definition) is 1. The summed E-state index contributed by atoms with van der Waals surface area (Å²) in [5.74, 6) is 0. The third-order valence-electron chi connectivity index (χ3n) is 3.37. The fourth-order valence-electron chi connectivity index (χ4n) is 1.87. The second kappa shape index (κ2) is 8.13. The maximum atomic E-state index is 5.41. The van der Waals surface area contributed by atoms with Crippen LogP contribution in [-0.2, 0) is 4.74 Å². The van der Waals surface area contributed by atoms with Crippen LogP contribution in [0, 0.1) is 5.41 Å². The topological polar surface area (TPSA) is 24.5 Å². The molecule has 0 bridgehead atoms. The van der Waals surface area contributed by atoms with Gasteiger partial charge in [-0.1, -0.05) is 13.8 Å². The van der Waals surface area contributed by atoms with E-state index in [0.717, 1.165) is 32.8 Å². The van der Waals surface area contributed by atoms with Crippen LogP contribution in [0.25, 0.3) is 0 Å². The van der Waals surface area contributed by atoms with Crippen LogP contribution in [-0.4, -0.2) is 50.3 Å². The van der Waals surface area contributed by atoms with E-state index >= 15 is 0 Å². The third kappa shape index (κ3) is 8.90. The zero-order chi connectivity index (χ0) is 14.2. The Morgan fingerprint density at radius 2 is 1.72 bits per heavy atom. The van der Waals surface area contributed by atoms with Crippen molar-refractivity contribution in [3.8, 4) is 0 Å². The molecule has 3 nitrogen and oxygen atoms in total. The summed E-state index contributed by atoms with van der Waals surface area (Å²) >= 11 is 0. The first-order chi connectivity index (χ1) is 8.22. The second-order valence-electron chi connectivity index (χ2n) is 6.70. The third-order valence-corrected chi connectivity index (χ3v) is 3.37. The van der Waals surface area contributed by atoms with Gasteiger partial charge in [0.15, 0.2) is 0 Å². The van der Waals surface area contributed by atoms with Gasteiger partial charge in [0.05, 0.1) is 6.61 Å². The van der Waals surface area contributed by atoms with Crippen LogP contribution in [0.5, 0.6) is 0 Å². The first-order valence-electron chi connectivity index (χ1n) is 7.24. The Balaban J connectivity index is 4.12. The smallest absolute Gasteiger partial charge is 0.0593 e. The lowest BCUT2D eigenvalue weighted by atomic mass is 9.86. The molecule has 0 aliphatic heterocycles. The summed E-state index contributed by atoms with van der Waals surface area (Å²) in [5, 5.41) is 3.63. The van der Waals surface area contributed by atoms with E-state index in [0.29, 0.717) is 5.41 Å². The molecule has 3 heteroatoms. The van der Waals surface area contributed by atoms with E-state index in [1.54, 1.807) is 0 Å². The van der Waals surface area contributed by atoms with Gasteiger partial charge in [0.25, 0.3) is 0 Å². The van der Waals surface area contributed by atoms with Gasteiger partial charge in [-0.05, 0) is 46.6 Å². The predicted molar refractivity (Wildman–Crippen MR) is 80.1 cm³/mol. The van der Waals surface area contributed by atoms with Gasteiger partial charge in [0.2, 0.25) is 0 Å². The molecule has 18 heavy (non-hydrogen) atoms. The molecule has 0 aliphatic carbocycles. The van der Waals surface area contributed by atoms with Crippen LogP contribution in [0.4, 0.5) is 0 Å². The minimum Gasteiger partial charge on any atom is -0.380 e. The fraction of sp³-hybridized carbons (Fsp3) is 1.00. The van der Waals surface area contributed by atoms with Gasteiger partial charge in [-0.15, -0.1) is 0 Å². The number of nitrogens with one attached hydrogen (secondary N) is 1. The Bertz CT molecular complexity index is 213. The monoisotopic (exact) mass is 258 g/mol. The van der Waals surface area contributed by atoms with E-state index in [9.17, 15) is 0 Å². The molecule has 1 unspecified atom stereocenters. The van der Waals surface area contributed by atoms with E-state index in [1.807, 2.05) is 6.92 Å². The average Bonchev–Trinajstić information content (AvgIpc) is 2.26. The van der Waals surface area contributed by atoms with Gasteiger partial charge in [0.1, 0.15) is 0 Å². The van der Waals surface area contributed by atoms with E-state index in [-0.39, 0.29) is 5.54 Å². The molecule has 0 heterocycles. The molecule has 0 aromatic carbocycles. The van der Waals surface area contributed by atoms with Crippen LogP contribution in [0.3, 0.4) is 0 Å². The lowest BCUT2D eigenvalue weighted by molar-refractivity contribution is 0.0998. The van der Waals surface area contributed by atoms with E-state index in [2.05, 4.69) is 51.9 Å². The Morgan fingerprint density at radius 3 is 2.17 bits per heavy atom. The van der Waals surface area contributed by atoms with Crippen LogP contribution in [0.2, 0.25) is 0 Å². The molecule has 0 aromatic heterocycles. The molecule has 1 atom stereocenters. The molecule has 110 valence electrons. The van der Waals surface area contributed by atoms with Crippen molar-refractivity contribution in [2.45, 2.75) is 53.5 Å². The van der Waals surface area contributed by atoms with Crippen molar-refractivity contribution in [3.05, 3.63) is 0 Å². The highest BCUT2D eigenvalue weighted by Crippen LogP contribution is 2.22. The van der Waals surface area contributed by atoms with Crippen molar-refractivity contribution in [1.29, 1.82) is 0 Å². The Kier molecular flexibility index (Phi) is 8.08. The molecule has 0 rings (SSSR count). The van der Waals surface area contributed by atoms with Crippen molar-refractivity contribution >= 4 is 0 Å². The number of ether oxygens (including phenoxy) is 1. The largest absolute Gasteiger partial charge is 0.380 e. The van der Waals surface area contributed by atoms with Gasteiger partial charge in [-0.25, -0.2) is 0 Å². The van der Waals surface area contributed by atoms with Gasteiger partial charge in [-0.2, -0.15) is 0 Å². The van der Waals surface area contributed by atoms with Crippen LogP contribution in [0.1, 0.15) is 48.0 Å². The van der Waals surface area contributed by atoms with Crippen molar-refractivity contribution in [1.82, 2.24) is 10.2 Å². The molecule has 0 aliphatic rings. The van der Waals surface area contributed by atoms with Crippen molar-refractivity contribution < 1.29 is 4.74 Å². The van der Waals surface area contributed by atoms with Crippen LogP contribution in [0.15, 0.2) is 0 Å². The molecular weight excluding hydrogens is 224 g/mol. The molecule has 0 spiro atoms. The molecular formula is C15H34N2O. The number of rotatable bonds is 9. The number of likely N-dealkylation sites (N-methyl/N-ethyl adjacent to an activating group) is 1. The van der Waals surface area contributed by atoms with Crippen molar-refractivity contribution in [2.24, 2.45) is 5.41 Å². The Labute approximate surface area is 114 Å². The molecule has 0 radical (unpaired) electrons. The number of nitrogens with zero attached hydrogens (tertiary/aromatic N) is 1. The normalized spacial score (nSPS) is 16.0. The van der Waals surface area contributed by atoms with Crippen molar-refractivity contribution in [3.63, 3.8) is 0 Å². The highest BCUT2D eigenvalue weighted by atomic mass is 16.5. The quantitative estimate of drug-likeness (QED) is 0.644. The van der Waals surface area contributed by atoms with E-state index in [4.69, 9.17) is 4.74 Å². The highest BCUT2D eigenvalue weighted by Gasteiger charge is 2.25. The van der Waals surface area contributed by atoms with Gasteiger partial charge < -0.3 is 15.0 Å². The maximum absolute atomic E-state index is 5.41. The summed E-state index contributed by atoms with van der Waals surface area (Å²) in [4.78, 5) is 2.38. The summed E-state index contributed by atoms with van der Waals surface area (Å²) in [6.07, 6.45) is 1.19. The first kappa shape index (κ1) is 17.9. The van der Waals surface area contributed by atoms with Gasteiger partial charge >= 0.3 is 0 Å².